The second-order valence-electron chi connectivity index (χ2n) is 10.0. The minimum absolute atomic E-state index is 0.0114. The Kier molecular flexibility index (Phi) is 6.13. The first-order valence-corrected chi connectivity index (χ1v) is 12.2. The summed E-state index contributed by atoms with van der Waals surface area (Å²) in [4.78, 5) is 47.2. The lowest BCUT2D eigenvalue weighted by molar-refractivity contribution is -0.174. The lowest BCUT2D eigenvalue weighted by Crippen LogP contribution is -2.67. The molecule has 5 rings (SSSR count). The molecule has 1 fully saturated rings. The highest BCUT2D eigenvalue weighted by Gasteiger charge is 2.71. The molecule has 0 aromatic heterocycles. The van der Waals surface area contributed by atoms with Crippen LogP contribution in [0.25, 0.3) is 0 Å². The highest BCUT2D eigenvalue weighted by molar-refractivity contribution is 5.85. The Hall–Kier alpha value is -3.60. The predicted molar refractivity (Wildman–Crippen MR) is 123 cm³/mol. The molecule has 1 aliphatic heterocycles. The molecule has 11 nitrogen and oxygen atoms in total. The summed E-state index contributed by atoms with van der Waals surface area (Å²) in [7, 11) is 1.52. The van der Waals surface area contributed by atoms with Crippen LogP contribution in [0.2, 0.25) is 0 Å². The number of carbonyl (C=O) groups is 4. The summed E-state index contributed by atoms with van der Waals surface area (Å²) in [5, 5.41) is 30.1. The Bertz CT molecular complexity index is 1200. The van der Waals surface area contributed by atoms with Crippen LogP contribution in [-0.4, -0.2) is 64.1 Å². The van der Waals surface area contributed by atoms with Crippen LogP contribution >= 0.6 is 0 Å². The molecule has 0 radical (unpaired) electrons. The Labute approximate surface area is 212 Å². The molecule has 5 atom stereocenters. The minimum atomic E-state index is -1.78. The Balaban J connectivity index is 1.46. The third kappa shape index (κ3) is 3.83. The molecule has 37 heavy (non-hydrogen) atoms. The van der Waals surface area contributed by atoms with Crippen LogP contribution in [-0.2, 0) is 40.5 Å². The number of rotatable bonds is 9. The molecule has 0 saturated heterocycles. The molecule has 1 spiro atoms. The second kappa shape index (κ2) is 9.05. The quantitative estimate of drug-likeness (QED) is 0.410. The van der Waals surface area contributed by atoms with Crippen molar-refractivity contribution in [3.63, 3.8) is 0 Å². The smallest absolute Gasteiger partial charge is 0.353 e. The highest BCUT2D eigenvalue weighted by Crippen LogP contribution is 2.67. The van der Waals surface area contributed by atoms with Gasteiger partial charge in [0.2, 0.25) is 6.10 Å². The van der Waals surface area contributed by atoms with Gasteiger partial charge in [-0.05, 0) is 49.3 Å². The van der Waals surface area contributed by atoms with Crippen molar-refractivity contribution in [2.75, 3.05) is 7.11 Å². The van der Waals surface area contributed by atoms with Crippen molar-refractivity contribution in [2.45, 2.75) is 74.6 Å². The number of carbonyl (C=O) groups excluding carboxylic acids is 2. The maximum Gasteiger partial charge on any atom is 0.353 e. The number of carboxylic acid groups (broad SMARTS) is 2. The van der Waals surface area contributed by atoms with E-state index in [9.17, 15) is 29.4 Å². The fourth-order valence-electron chi connectivity index (χ4n) is 6.62. The molecule has 1 aromatic rings. The van der Waals surface area contributed by atoms with E-state index in [4.69, 9.17) is 24.1 Å². The van der Waals surface area contributed by atoms with Gasteiger partial charge in [0.1, 0.15) is 5.76 Å². The highest BCUT2D eigenvalue weighted by atomic mass is 16.6. The fraction of sp³-hybridized carbons (Fsp3) is 0.538. The van der Waals surface area contributed by atoms with Gasteiger partial charge in [-0.2, -0.15) is 0 Å². The lowest BCUT2D eigenvalue weighted by Gasteiger charge is -2.59. The zero-order valence-electron chi connectivity index (χ0n) is 20.2. The van der Waals surface area contributed by atoms with Crippen molar-refractivity contribution in [1.82, 2.24) is 0 Å². The van der Waals surface area contributed by atoms with Gasteiger partial charge in [0, 0.05) is 5.56 Å². The SMILES string of the molecule is COc1ccc2c3c1O[C@H]1C(OC(=O)[C@H](CC(=O)O)OC(=O)CCC(=O)O)=CC[C@@]4(O)[C@H](CCCC314)C2. The third-order valence-corrected chi connectivity index (χ3v) is 8.13. The van der Waals surface area contributed by atoms with E-state index in [0.29, 0.717) is 24.3 Å². The van der Waals surface area contributed by atoms with Gasteiger partial charge in [0.05, 0.1) is 37.4 Å². The number of ether oxygens (including phenoxy) is 4. The molecule has 1 heterocycles. The maximum absolute atomic E-state index is 13.1. The molecule has 11 heteroatoms. The van der Waals surface area contributed by atoms with E-state index in [1.54, 1.807) is 6.08 Å². The number of hydrogen-bond acceptors (Lipinski definition) is 9. The van der Waals surface area contributed by atoms with Gasteiger partial charge < -0.3 is 34.3 Å². The molecular weight excluding hydrogens is 488 g/mol. The van der Waals surface area contributed by atoms with Crippen molar-refractivity contribution in [3.8, 4) is 11.5 Å². The summed E-state index contributed by atoms with van der Waals surface area (Å²) >= 11 is 0. The molecule has 4 aliphatic rings. The van der Waals surface area contributed by atoms with Crippen LogP contribution in [0.15, 0.2) is 24.0 Å². The van der Waals surface area contributed by atoms with E-state index in [2.05, 4.69) is 0 Å². The summed E-state index contributed by atoms with van der Waals surface area (Å²) in [5.41, 5.74) is -0.0891. The monoisotopic (exact) mass is 516 g/mol. The van der Waals surface area contributed by atoms with Gasteiger partial charge in [0.15, 0.2) is 17.6 Å². The van der Waals surface area contributed by atoms with Crippen molar-refractivity contribution >= 4 is 23.9 Å². The molecule has 198 valence electrons. The number of esters is 2. The van der Waals surface area contributed by atoms with Crippen LogP contribution in [0.1, 0.15) is 56.1 Å². The van der Waals surface area contributed by atoms with Crippen molar-refractivity contribution in [3.05, 3.63) is 35.1 Å². The summed E-state index contributed by atoms with van der Waals surface area (Å²) < 4.78 is 22.5. The fourth-order valence-corrected chi connectivity index (χ4v) is 6.62. The van der Waals surface area contributed by atoms with E-state index >= 15 is 0 Å². The minimum Gasteiger partial charge on any atom is -0.493 e. The van der Waals surface area contributed by atoms with E-state index in [1.165, 1.54) is 7.11 Å². The van der Waals surface area contributed by atoms with E-state index in [1.807, 2.05) is 12.1 Å². The Morgan fingerprint density at radius 3 is 2.65 bits per heavy atom. The average Bonchev–Trinajstić information content (AvgIpc) is 3.18. The van der Waals surface area contributed by atoms with Gasteiger partial charge in [-0.1, -0.05) is 12.5 Å². The zero-order valence-corrected chi connectivity index (χ0v) is 20.2. The first-order chi connectivity index (χ1) is 17.6. The molecule has 1 unspecified atom stereocenters. The average molecular weight is 516 g/mol. The molecule has 1 aromatic carbocycles. The van der Waals surface area contributed by atoms with Gasteiger partial charge in [0.25, 0.3) is 0 Å². The van der Waals surface area contributed by atoms with Crippen molar-refractivity contribution in [2.24, 2.45) is 5.92 Å². The lowest BCUT2D eigenvalue weighted by atomic mass is 9.47. The van der Waals surface area contributed by atoms with Gasteiger partial charge >= 0.3 is 23.9 Å². The van der Waals surface area contributed by atoms with Crippen molar-refractivity contribution < 1.29 is 53.4 Å². The Morgan fingerprint density at radius 1 is 1.16 bits per heavy atom. The second-order valence-corrected chi connectivity index (χ2v) is 10.0. The summed E-state index contributed by atoms with van der Waals surface area (Å²) in [5.74, 6) is -3.70. The number of methoxy groups -OCH3 is 1. The number of benzene rings is 1. The first-order valence-electron chi connectivity index (χ1n) is 12.2. The molecular formula is C26H28O11. The maximum atomic E-state index is 13.1. The number of carboxylic acids is 2. The summed E-state index contributed by atoms with van der Waals surface area (Å²) in [6.07, 6.45) is 0.216. The standard InChI is InChI=1S/C26H28O11/c1-34-15-5-4-13-11-14-3-2-9-25-21(13)22(15)37-23(25)16(8-10-26(14,25)33)36-24(32)17(12-19(29)30)35-20(31)7-6-18(27)28/h4-5,8,14,17,23,33H,2-3,6-7,9-12H2,1H3,(H,27,28)(H,29,30)/t14-,17+,23+,25?,26-/m1/s1. The van der Waals surface area contributed by atoms with Gasteiger partial charge in [-0.15, -0.1) is 0 Å². The van der Waals surface area contributed by atoms with Gasteiger partial charge in [-0.3, -0.25) is 14.4 Å². The van der Waals surface area contributed by atoms with Crippen molar-refractivity contribution in [1.29, 1.82) is 0 Å². The van der Waals surface area contributed by atoms with E-state index < -0.39 is 66.4 Å². The first kappa shape index (κ1) is 25.1. The molecule has 3 aliphatic carbocycles. The van der Waals surface area contributed by atoms with Gasteiger partial charge in [-0.25, -0.2) is 4.79 Å². The molecule has 0 amide bonds. The zero-order chi connectivity index (χ0) is 26.5. The van der Waals surface area contributed by atoms with Crippen LogP contribution in [0, 0.1) is 5.92 Å². The van der Waals surface area contributed by atoms with Crippen LogP contribution in [0.3, 0.4) is 0 Å². The largest absolute Gasteiger partial charge is 0.493 e. The number of hydrogen-bond donors (Lipinski definition) is 3. The molecule has 1 saturated carbocycles. The summed E-state index contributed by atoms with van der Waals surface area (Å²) in [6, 6.07) is 3.80. The third-order valence-electron chi connectivity index (χ3n) is 8.13. The van der Waals surface area contributed by atoms with Crippen LogP contribution in [0.4, 0.5) is 0 Å². The normalized spacial score (nSPS) is 29.2. The molecule has 2 bridgehead atoms. The number of aliphatic carboxylic acids is 2. The summed E-state index contributed by atoms with van der Waals surface area (Å²) in [6.45, 7) is 0. The molecule has 3 N–H and O–H groups in total. The predicted octanol–water partition coefficient (Wildman–Crippen LogP) is 1.86. The number of aliphatic hydroxyl groups is 1. The van der Waals surface area contributed by atoms with Crippen LogP contribution in [0.5, 0.6) is 11.5 Å². The topological polar surface area (TPSA) is 166 Å². The van der Waals surface area contributed by atoms with Crippen LogP contribution < -0.4 is 9.47 Å². The Morgan fingerprint density at radius 2 is 1.95 bits per heavy atom. The van der Waals surface area contributed by atoms with E-state index in [0.717, 1.165) is 24.0 Å². The van der Waals surface area contributed by atoms with E-state index in [-0.39, 0.29) is 18.1 Å².